The summed E-state index contributed by atoms with van der Waals surface area (Å²) >= 11 is 0. The number of aryl methyl sites for hydroxylation is 1. The predicted octanol–water partition coefficient (Wildman–Crippen LogP) is 6.40. The number of ether oxygens (including phenoxy) is 1. The van der Waals surface area contributed by atoms with Crippen LogP contribution in [-0.2, 0) is 12.5 Å². The Hall–Kier alpha value is -3.09. The second-order valence-corrected chi connectivity index (χ2v) is 5.89. The molecule has 0 amide bonds. The first-order chi connectivity index (χ1) is 13.8. The van der Waals surface area contributed by atoms with Crippen LogP contribution in [0.4, 0.5) is 39.5 Å². The van der Waals surface area contributed by atoms with E-state index in [0.29, 0.717) is 24.5 Å². The van der Waals surface area contributed by atoms with Gasteiger partial charge in [0.2, 0.25) is 0 Å². The van der Waals surface area contributed by atoms with E-state index in [2.05, 4.69) is 11.3 Å². The van der Waals surface area contributed by atoms with E-state index in [0.717, 1.165) is 0 Å². The minimum Gasteiger partial charge on any atom is -0.429 e. The second-order valence-electron chi connectivity index (χ2n) is 5.89. The summed E-state index contributed by atoms with van der Waals surface area (Å²) in [7, 11) is 0. The maximum Gasteiger partial charge on any atom is 0.458 e. The average molecular weight is 438 g/mol. The van der Waals surface area contributed by atoms with Gasteiger partial charge in [-0.05, 0) is 30.5 Å². The van der Waals surface area contributed by atoms with Gasteiger partial charge in [0.15, 0.2) is 0 Å². The van der Waals surface area contributed by atoms with Gasteiger partial charge in [-0.25, -0.2) is 17.6 Å². The van der Waals surface area contributed by atoms with Crippen LogP contribution in [0.5, 0.6) is 5.75 Å². The van der Waals surface area contributed by atoms with Crippen LogP contribution in [0.15, 0.2) is 36.9 Å². The highest BCUT2D eigenvalue weighted by Crippen LogP contribution is 2.36. The molecule has 0 heterocycles. The molecule has 30 heavy (non-hydrogen) atoms. The molecule has 0 N–H and O–H groups in total. The van der Waals surface area contributed by atoms with Gasteiger partial charge in [-0.3, -0.25) is 0 Å². The van der Waals surface area contributed by atoms with E-state index in [4.69, 9.17) is 0 Å². The molecule has 0 saturated heterocycles. The Bertz CT molecular complexity index is 967. The Labute approximate surface area is 164 Å². The number of rotatable bonds is 6. The van der Waals surface area contributed by atoms with Gasteiger partial charge in [0.1, 0.15) is 34.6 Å². The van der Waals surface area contributed by atoms with Crippen molar-refractivity contribution in [1.82, 2.24) is 0 Å². The first-order valence-electron chi connectivity index (χ1n) is 8.09. The molecule has 0 aliphatic rings. The van der Waals surface area contributed by atoms with E-state index in [-0.39, 0.29) is 24.1 Å². The fourth-order valence-corrected chi connectivity index (χ4v) is 2.38. The normalized spacial score (nSPS) is 11.6. The zero-order chi connectivity index (χ0) is 22.7. The van der Waals surface area contributed by atoms with E-state index in [9.17, 15) is 39.5 Å². The third kappa shape index (κ3) is 5.72. The largest absolute Gasteiger partial charge is 0.458 e. The zero-order valence-electron chi connectivity index (χ0n) is 14.8. The van der Waals surface area contributed by atoms with Gasteiger partial charge < -0.3 is 4.74 Å². The minimum atomic E-state index is -5.05. The van der Waals surface area contributed by atoms with E-state index in [1.165, 1.54) is 12.0 Å². The van der Waals surface area contributed by atoms with Crippen molar-refractivity contribution in [2.75, 3.05) is 0 Å². The summed E-state index contributed by atoms with van der Waals surface area (Å²) in [4.78, 5) is 0. The summed E-state index contributed by atoms with van der Waals surface area (Å²) in [5.41, 5.74) is -3.08. The first-order valence-corrected chi connectivity index (χ1v) is 8.09. The summed E-state index contributed by atoms with van der Waals surface area (Å²) in [5.74, 6) is -6.20. The lowest BCUT2D eigenvalue weighted by atomic mass is 10.1. The van der Waals surface area contributed by atoms with E-state index in [1.807, 2.05) is 0 Å². The quantitative estimate of drug-likeness (QED) is 0.288. The highest BCUT2D eigenvalue weighted by molar-refractivity contribution is 5.42. The van der Waals surface area contributed by atoms with Crippen molar-refractivity contribution in [1.29, 1.82) is 0 Å². The summed E-state index contributed by atoms with van der Waals surface area (Å²) in [6.45, 7) is 3.42. The first kappa shape index (κ1) is 23.2. The van der Waals surface area contributed by atoms with Crippen molar-refractivity contribution in [3.8, 4) is 17.6 Å². The minimum absolute atomic E-state index is 0.0640. The number of alkyl halides is 5. The fourth-order valence-electron chi connectivity index (χ4n) is 2.38. The standard InChI is InChI=1S/C20H11F9O/c1-2-3-4-11-7-16(23)18(17(24)8-11)20(28,29)30-12-9-14(21)13(15(22)10-12)5-6-19(25,26)27/h2,7-10H,1,3-4H2. The Morgan fingerprint density at radius 3 is 1.87 bits per heavy atom. The molecule has 2 aromatic rings. The fraction of sp³-hybridized carbons (Fsp3) is 0.200. The SMILES string of the molecule is C=CCCc1cc(F)c(C(F)(F)Oc2cc(F)c(C#CC(F)(F)F)c(F)c2)c(F)c1. The molecule has 0 spiro atoms. The van der Waals surface area contributed by atoms with Crippen LogP contribution >= 0.6 is 0 Å². The lowest BCUT2D eigenvalue weighted by molar-refractivity contribution is -0.189. The molecule has 0 aliphatic heterocycles. The van der Waals surface area contributed by atoms with Crippen molar-refractivity contribution in [3.63, 3.8) is 0 Å². The summed E-state index contributed by atoms with van der Waals surface area (Å²) in [5, 5.41) is 0. The molecule has 2 aromatic carbocycles. The highest BCUT2D eigenvalue weighted by atomic mass is 19.4. The molecule has 0 bridgehead atoms. The third-order valence-electron chi connectivity index (χ3n) is 3.62. The molecule has 1 nitrogen and oxygen atoms in total. The Morgan fingerprint density at radius 2 is 1.40 bits per heavy atom. The van der Waals surface area contributed by atoms with Crippen molar-refractivity contribution in [3.05, 3.63) is 76.9 Å². The Balaban J connectivity index is 2.37. The zero-order valence-corrected chi connectivity index (χ0v) is 14.8. The Morgan fingerprint density at radius 1 is 0.867 bits per heavy atom. The van der Waals surface area contributed by atoms with Gasteiger partial charge in [-0.1, -0.05) is 12.0 Å². The van der Waals surface area contributed by atoms with Crippen molar-refractivity contribution < 1.29 is 44.3 Å². The van der Waals surface area contributed by atoms with Crippen molar-refractivity contribution in [2.45, 2.75) is 25.1 Å². The Kier molecular flexibility index (Phi) is 6.75. The van der Waals surface area contributed by atoms with Crippen LogP contribution in [0.3, 0.4) is 0 Å². The van der Waals surface area contributed by atoms with E-state index in [1.54, 1.807) is 0 Å². The van der Waals surface area contributed by atoms with Crippen LogP contribution in [0.1, 0.15) is 23.1 Å². The van der Waals surface area contributed by atoms with Crippen molar-refractivity contribution in [2.24, 2.45) is 0 Å². The van der Waals surface area contributed by atoms with Gasteiger partial charge in [0.05, 0.1) is 5.56 Å². The highest BCUT2D eigenvalue weighted by Gasteiger charge is 2.41. The molecule has 2 rings (SSSR count). The van der Waals surface area contributed by atoms with Gasteiger partial charge in [0, 0.05) is 18.1 Å². The topological polar surface area (TPSA) is 9.23 Å². The third-order valence-corrected chi connectivity index (χ3v) is 3.62. The molecule has 0 aliphatic carbocycles. The van der Waals surface area contributed by atoms with Crippen LogP contribution in [-0.4, -0.2) is 6.18 Å². The van der Waals surface area contributed by atoms with Gasteiger partial charge >= 0.3 is 12.3 Å². The molecule has 0 radical (unpaired) electrons. The molecule has 0 aromatic heterocycles. The summed E-state index contributed by atoms with van der Waals surface area (Å²) < 4.78 is 124. The van der Waals surface area contributed by atoms with Crippen LogP contribution in [0.2, 0.25) is 0 Å². The smallest absolute Gasteiger partial charge is 0.429 e. The molecule has 0 atom stereocenters. The molecule has 0 unspecified atom stereocenters. The second kappa shape index (κ2) is 8.73. The van der Waals surface area contributed by atoms with Crippen LogP contribution in [0, 0.1) is 35.1 Å². The summed E-state index contributed by atoms with van der Waals surface area (Å²) in [6.07, 6.45) is -7.83. The number of allylic oxidation sites excluding steroid dienone is 1. The maximum atomic E-state index is 14.3. The molecule has 160 valence electrons. The molecule has 0 fully saturated rings. The van der Waals surface area contributed by atoms with Crippen LogP contribution < -0.4 is 4.74 Å². The van der Waals surface area contributed by atoms with Gasteiger partial charge in [-0.15, -0.1) is 6.58 Å². The lowest BCUT2D eigenvalue weighted by Crippen LogP contribution is -2.25. The van der Waals surface area contributed by atoms with E-state index < -0.39 is 52.4 Å². The molecule has 0 saturated carbocycles. The van der Waals surface area contributed by atoms with Crippen LogP contribution in [0.25, 0.3) is 0 Å². The monoisotopic (exact) mass is 438 g/mol. The maximum absolute atomic E-state index is 14.3. The van der Waals surface area contributed by atoms with Gasteiger partial charge in [0.25, 0.3) is 0 Å². The average Bonchev–Trinajstić information content (AvgIpc) is 2.56. The predicted molar refractivity (Wildman–Crippen MR) is 88.7 cm³/mol. The number of halogens is 9. The molecular weight excluding hydrogens is 427 g/mol. The number of hydrogen-bond acceptors (Lipinski definition) is 1. The van der Waals surface area contributed by atoms with Gasteiger partial charge in [-0.2, -0.15) is 22.0 Å². The van der Waals surface area contributed by atoms with E-state index >= 15 is 0 Å². The van der Waals surface area contributed by atoms with Crippen molar-refractivity contribution >= 4 is 0 Å². The number of benzene rings is 2. The molecular formula is C20H11F9O. The number of hydrogen-bond donors (Lipinski definition) is 0. The lowest BCUT2D eigenvalue weighted by Gasteiger charge is -2.20. The molecule has 10 heteroatoms. The summed E-state index contributed by atoms with van der Waals surface area (Å²) in [6, 6.07) is 1.53.